The molecule has 92 valence electrons. The average Bonchev–Trinajstić information content (AvgIpc) is 2.97. The Labute approximate surface area is 100.0 Å². The van der Waals surface area contributed by atoms with Crippen LogP contribution in [0, 0.1) is 5.82 Å². The number of fused-ring (bicyclic) bond motifs is 1. The Bertz CT molecular complexity index is 638. The number of halogens is 1. The van der Waals surface area contributed by atoms with Gasteiger partial charge in [-0.1, -0.05) is 0 Å². The van der Waals surface area contributed by atoms with Crippen molar-refractivity contribution in [2.75, 3.05) is 6.79 Å². The first-order chi connectivity index (χ1) is 8.66. The topological polar surface area (TPSA) is 84.4 Å². The number of nitrogens with one attached hydrogen (secondary N) is 1. The molecule has 0 radical (unpaired) electrons. The van der Waals surface area contributed by atoms with Crippen molar-refractivity contribution in [3.63, 3.8) is 0 Å². The van der Waals surface area contributed by atoms with Gasteiger partial charge in [0.25, 0.3) is 0 Å². The fourth-order valence-corrected chi connectivity index (χ4v) is 1.71. The number of carboxylic acid groups (broad SMARTS) is 1. The van der Waals surface area contributed by atoms with Crippen LogP contribution in [0.4, 0.5) is 4.39 Å². The Kier molecular flexibility index (Phi) is 2.19. The summed E-state index contributed by atoms with van der Waals surface area (Å²) in [5.41, 5.74) is 0.244. The molecule has 1 aromatic carbocycles. The number of aromatic carboxylic acids is 1. The van der Waals surface area contributed by atoms with Crippen molar-refractivity contribution in [2.45, 2.75) is 0 Å². The number of aromatic nitrogens is 2. The first kappa shape index (κ1) is 10.6. The first-order valence-corrected chi connectivity index (χ1v) is 5.04. The van der Waals surface area contributed by atoms with Gasteiger partial charge in [0.15, 0.2) is 11.6 Å². The van der Waals surface area contributed by atoms with E-state index in [0.717, 1.165) is 0 Å². The van der Waals surface area contributed by atoms with E-state index in [1.807, 2.05) is 0 Å². The van der Waals surface area contributed by atoms with E-state index in [4.69, 9.17) is 14.6 Å². The van der Waals surface area contributed by atoms with Gasteiger partial charge in [0, 0.05) is 5.56 Å². The molecule has 1 aromatic heterocycles. The molecule has 3 rings (SSSR count). The van der Waals surface area contributed by atoms with Crippen molar-refractivity contribution in [1.29, 1.82) is 0 Å². The third-order valence-corrected chi connectivity index (χ3v) is 2.56. The molecule has 6 nitrogen and oxygen atoms in total. The van der Waals surface area contributed by atoms with Gasteiger partial charge >= 0.3 is 5.97 Å². The van der Waals surface area contributed by atoms with E-state index in [1.165, 1.54) is 12.1 Å². The van der Waals surface area contributed by atoms with Crippen molar-refractivity contribution in [2.24, 2.45) is 0 Å². The van der Waals surface area contributed by atoms with E-state index >= 15 is 0 Å². The van der Waals surface area contributed by atoms with Crippen LogP contribution in [0.3, 0.4) is 0 Å². The number of carbonyl (C=O) groups is 1. The standard InChI is InChI=1S/C11H7FN2O4/c12-9-5(1-2-8-10(9)18-4-17-8)6-3-7(11(15)16)14-13-6/h1-3H,4H2,(H,13,14)(H,15,16). The van der Waals surface area contributed by atoms with Crippen molar-refractivity contribution in [3.05, 3.63) is 29.7 Å². The molecule has 1 aliphatic rings. The zero-order chi connectivity index (χ0) is 12.7. The number of H-pyrrole nitrogens is 1. The van der Waals surface area contributed by atoms with Gasteiger partial charge < -0.3 is 14.6 Å². The molecule has 0 saturated carbocycles. The molecule has 7 heteroatoms. The highest BCUT2D eigenvalue weighted by Crippen LogP contribution is 2.39. The molecule has 0 amide bonds. The van der Waals surface area contributed by atoms with E-state index in [9.17, 15) is 9.18 Å². The van der Waals surface area contributed by atoms with Crippen LogP contribution >= 0.6 is 0 Å². The van der Waals surface area contributed by atoms with E-state index in [-0.39, 0.29) is 29.5 Å². The fourth-order valence-electron chi connectivity index (χ4n) is 1.71. The number of hydrogen-bond acceptors (Lipinski definition) is 4. The van der Waals surface area contributed by atoms with Crippen LogP contribution in [0.2, 0.25) is 0 Å². The molecule has 0 fully saturated rings. The van der Waals surface area contributed by atoms with Gasteiger partial charge in [0.2, 0.25) is 12.5 Å². The molecule has 0 atom stereocenters. The third-order valence-electron chi connectivity index (χ3n) is 2.56. The average molecular weight is 250 g/mol. The highest BCUT2D eigenvalue weighted by atomic mass is 19.1. The molecule has 2 N–H and O–H groups in total. The highest BCUT2D eigenvalue weighted by molar-refractivity contribution is 5.87. The summed E-state index contributed by atoms with van der Waals surface area (Å²) in [6, 6.07) is 4.27. The Morgan fingerprint density at radius 2 is 2.28 bits per heavy atom. The number of nitrogens with zero attached hydrogens (tertiary/aromatic N) is 1. The van der Waals surface area contributed by atoms with Crippen molar-refractivity contribution >= 4 is 5.97 Å². The fraction of sp³-hybridized carbons (Fsp3) is 0.0909. The predicted octanol–water partition coefficient (Wildman–Crippen LogP) is 1.64. The maximum absolute atomic E-state index is 14.1. The van der Waals surface area contributed by atoms with Crippen LogP contribution in [-0.4, -0.2) is 28.1 Å². The number of carboxylic acids is 1. The molecule has 18 heavy (non-hydrogen) atoms. The van der Waals surface area contributed by atoms with Gasteiger partial charge in [-0.25, -0.2) is 9.18 Å². The minimum absolute atomic E-state index is 0.0207. The van der Waals surface area contributed by atoms with Crippen molar-refractivity contribution < 1.29 is 23.8 Å². The van der Waals surface area contributed by atoms with Gasteiger partial charge in [-0.2, -0.15) is 5.10 Å². The van der Waals surface area contributed by atoms with E-state index in [0.29, 0.717) is 5.75 Å². The number of benzene rings is 1. The predicted molar refractivity (Wildman–Crippen MR) is 57.1 cm³/mol. The number of rotatable bonds is 2. The lowest BCUT2D eigenvalue weighted by atomic mass is 10.1. The normalized spacial score (nSPS) is 12.7. The SMILES string of the molecule is O=C(O)c1cc(-c2ccc3c(c2F)OCO3)n[nH]1. The Morgan fingerprint density at radius 3 is 3.00 bits per heavy atom. The first-order valence-electron chi connectivity index (χ1n) is 5.04. The Hall–Kier alpha value is -2.57. The van der Waals surface area contributed by atoms with Gasteiger partial charge in [0.1, 0.15) is 5.69 Å². The minimum Gasteiger partial charge on any atom is -0.477 e. The molecule has 0 unspecified atom stereocenters. The molecule has 2 heterocycles. The van der Waals surface area contributed by atoms with Gasteiger partial charge in [-0.05, 0) is 18.2 Å². The summed E-state index contributed by atoms with van der Waals surface area (Å²) in [6.07, 6.45) is 0. The maximum atomic E-state index is 14.1. The molecule has 0 bridgehead atoms. The molecule has 1 aliphatic heterocycles. The number of hydrogen-bond donors (Lipinski definition) is 2. The van der Waals surface area contributed by atoms with Gasteiger partial charge in [-0.3, -0.25) is 5.10 Å². The van der Waals surface area contributed by atoms with E-state index in [2.05, 4.69) is 10.2 Å². The second-order valence-electron chi connectivity index (χ2n) is 3.63. The van der Waals surface area contributed by atoms with E-state index in [1.54, 1.807) is 6.07 Å². The van der Waals surface area contributed by atoms with Crippen molar-refractivity contribution in [3.8, 4) is 22.8 Å². The lowest BCUT2D eigenvalue weighted by Crippen LogP contribution is -1.95. The summed E-state index contributed by atoms with van der Waals surface area (Å²) in [5, 5.41) is 14.8. The monoisotopic (exact) mass is 250 g/mol. The van der Waals surface area contributed by atoms with Gasteiger partial charge in [0.05, 0.1) is 5.69 Å². The summed E-state index contributed by atoms with van der Waals surface area (Å²) >= 11 is 0. The van der Waals surface area contributed by atoms with Crippen LogP contribution in [0.15, 0.2) is 18.2 Å². The maximum Gasteiger partial charge on any atom is 0.353 e. The van der Waals surface area contributed by atoms with Gasteiger partial charge in [-0.15, -0.1) is 0 Å². The Morgan fingerprint density at radius 1 is 1.44 bits per heavy atom. The largest absolute Gasteiger partial charge is 0.477 e. The second-order valence-corrected chi connectivity index (χ2v) is 3.63. The van der Waals surface area contributed by atoms with Crippen LogP contribution in [0.1, 0.15) is 10.5 Å². The smallest absolute Gasteiger partial charge is 0.353 e. The third kappa shape index (κ3) is 1.48. The highest BCUT2D eigenvalue weighted by Gasteiger charge is 2.23. The summed E-state index contributed by atoms with van der Waals surface area (Å²) in [5.74, 6) is -1.43. The molecule has 2 aromatic rings. The van der Waals surface area contributed by atoms with Crippen molar-refractivity contribution in [1.82, 2.24) is 10.2 Å². The lowest BCUT2D eigenvalue weighted by molar-refractivity contribution is 0.0690. The summed E-state index contributed by atoms with van der Waals surface area (Å²) in [6.45, 7) is -0.0311. The summed E-state index contributed by atoms with van der Waals surface area (Å²) < 4.78 is 24.1. The zero-order valence-corrected chi connectivity index (χ0v) is 8.94. The van der Waals surface area contributed by atoms with Crippen LogP contribution in [-0.2, 0) is 0 Å². The van der Waals surface area contributed by atoms with E-state index < -0.39 is 11.8 Å². The van der Waals surface area contributed by atoms with Crippen LogP contribution in [0.5, 0.6) is 11.5 Å². The zero-order valence-electron chi connectivity index (χ0n) is 8.94. The molecule has 0 aliphatic carbocycles. The molecule has 0 saturated heterocycles. The number of ether oxygens (including phenoxy) is 2. The molecular weight excluding hydrogens is 243 g/mol. The number of aromatic amines is 1. The van der Waals surface area contributed by atoms with Crippen LogP contribution < -0.4 is 9.47 Å². The second kappa shape index (κ2) is 3.73. The quantitative estimate of drug-likeness (QED) is 0.846. The summed E-state index contributed by atoms with van der Waals surface area (Å²) in [7, 11) is 0. The minimum atomic E-state index is -1.16. The molecular formula is C11H7FN2O4. The lowest BCUT2D eigenvalue weighted by Gasteiger charge is -2.02. The molecule has 0 spiro atoms. The Balaban J connectivity index is 2.09. The van der Waals surface area contributed by atoms with Crippen LogP contribution in [0.25, 0.3) is 11.3 Å². The summed E-state index contributed by atoms with van der Waals surface area (Å²) in [4.78, 5) is 10.7.